The summed E-state index contributed by atoms with van der Waals surface area (Å²) in [6, 6.07) is 0. The minimum atomic E-state index is 0.234. The number of rotatable bonds is 1. The van der Waals surface area contributed by atoms with Gasteiger partial charge in [-0.3, -0.25) is 4.99 Å². The van der Waals surface area contributed by atoms with Crippen LogP contribution in [0.15, 0.2) is 17.3 Å². The summed E-state index contributed by atoms with van der Waals surface area (Å²) in [5, 5.41) is 0.234. The number of hydrogen-bond acceptors (Lipinski definition) is 2. The average molecular weight is 156 g/mol. The van der Waals surface area contributed by atoms with E-state index in [4.69, 9.17) is 0 Å². The van der Waals surface area contributed by atoms with Crippen molar-refractivity contribution in [1.82, 2.24) is 4.90 Å². The fourth-order valence-electron chi connectivity index (χ4n) is 1.01. The van der Waals surface area contributed by atoms with Crippen LogP contribution in [0, 0.1) is 0 Å². The van der Waals surface area contributed by atoms with E-state index >= 15 is 0 Å². The molecule has 0 radical (unpaired) electrons. The summed E-state index contributed by atoms with van der Waals surface area (Å²) in [5.41, 5.74) is 0. The van der Waals surface area contributed by atoms with Crippen molar-refractivity contribution in [3.63, 3.8) is 0 Å². The first-order valence-corrected chi connectivity index (χ1v) is 3.86. The van der Waals surface area contributed by atoms with Gasteiger partial charge >= 0.3 is 0 Å². The molecule has 0 fully saturated rings. The highest BCUT2D eigenvalue weighted by atomic mass is 32.1. The molecule has 0 saturated heterocycles. The van der Waals surface area contributed by atoms with Gasteiger partial charge in [-0.1, -0.05) is 6.08 Å². The zero-order chi connectivity index (χ0) is 7.56. The van der Waals surface area contributed by atoms with Crippen molar-refractivity contribution >= 4 is 18.5 Å². The highest BCUT2D eigenvalue weighted by Gasteiger charge is 2.14. The number of aliphatic imine (C=N–C) groups is 1. The molecule has 1 aliphatic heterocycles. The molecule has 10 heavy (non-hydrogen) atoms. The molecule has 0 N–H and O–H groups in total. The summed E-state index contributed by atoms with van der Waals surface area (Å²) in [7, 11) is 1.81. The van der Waals surface area contributed by atoms with Crippen LogP contribution in [-0.2, 0) is 0 Å². The van der Waals surface area contributed by atoms with E-state index < -0.39 is 0 Å². The molecule has 1 unspecified atom stereocenters. The molecule has 1 heterocycles. The van der Waals surface area contributed by atoms with Gasteiger partial charge < -0.3 is 4.90 Å². The molecule has 0 aliphatic carbocycles. The summed E-state index contributed by atoms with van der Waals surface area (Å²) in [6.07, 6.45) is 5.07. The van der Waals surface area contributed by atoms with Crippen LogP contribution >= 0.6 is 12.6 Å². The van der Waals surface area contributed by atoms with Gasteiger partial charge in [-0.05, 0) is 6.92 Å². The van der Waals surface area contributed by atoms with E-state index in [1.807, 2.05) is 20.2 Å². The standard InChI is InChI=1S/C7H12N2S/c1-6(10)9-5-3-4-7(9)8-2/h3,5-6,10H,4H2,1-2H3. The van der Waals surface area contributed by atoms with Crippen LogP contribution in [0.4, 0.5) is 0 Å². The van der Waals surface area contributed by atoms with Crippen LogP contribution < -0.4 is 0 Å². The SMILES string of the molecule is CN=C1CC=CN1C(C)S. The van der Waals surface area contributed by atoms with Crippen molar-refractivity contribution in [2.24, 2.45) is 4.99 Å². The van der Waals surface area contributed by atoms with Gasteiger partial charge in [-0.25, -0.2) is 0 Å². The first kappa shape index (κ1) is 7.66. The third kappa shape index (κ3) is 1.34. The quantitative estimate of drug-likeness (QED) is 0.569. The molecule has 1 rings (SSSR count). The molecule has 0 aromatic heterocycles. The Morgan fingerprint density at radius 2 is 2.50 bits per heavy atom. The molecule has 0 spiro atoms. The lowest BCUT2D eigenvalue weighted by atomic mass is 10.4. The van der Waals surface area contributed by atoms with Gasteiger partial charge in [0.25, 0.3) is 0 Å². The molecule has 0 amide bonds. The third-order valence-electron chi connectivity index (χ3n) is 1.53. The first-order chi connectivity index (χ1) is 4.75. The van der Waals surface area contributed by atoms with Crippen LogP contribution in [-0.4, -0.2) is 23.2 Å². The van der Waals surface area contributed by atoms with Crippen LogP contribution in [0.5, 0.6) is 0 Å². The molecule has 1 atom stereocenters. The highest BCUT2D eigenvalue weighted by Crippen LogP contribution is 2.13. The molecule has 0 aromatic carbocycles. The number of thiol groups is 1. The first-order valence-electron chi connectivity index (χ1n) is 3.34. The van der Waals surface area contributed by atoms with Crippen LogP contribution in [0.2, 0.25) is 0 Å². The smallest absolute Gasteiger partial charge is 0.107 e. The fraction of sp³-hybridized carbons (Fsp3) is 0.571. The minimum Gasteiger partial charge on any atom is -0.325 e. The maximum Gasteiger partial charge on any atom is 0.107 e. The minimum absolute atomic E-state index is 0.234. The normalized spacial score (nSPS) is 24.3. The number of hydrogen-bond donors (Lipinski definition) is 1. The number of nitrogens with zero attached hydrogens (tertiary/aromatic N) is 2. The zero-order valence-corrected chi connectivity index (χ0v) is 7.18. The molecule has 0 aromatic rings. The molecule has 0 saturated carbocycles. The number of amidine groups is 1. The van der Waals surface area contributed by atoms with E-state index in [1.165, 1.54) is 0 Å². The Morgan fingerprint density at radius 3 is 2.90 bits per heavy atom. The molecule has 0 bridgehead atoms. The predicted octanol–water partition coefficient (Wildman–Crippen LogP) is 1.51. The van der Waals surface area contributed by atoms with Gasteiger partial charge in [0.1, 0.15) is 5.84 Å². The van der Waals surface area contributed by atoms with Crippen molar-refractivity contribution in [1.29, 1.82) is 0 Å². The van der Waals surface area contributed by atoms with Crippen molar-refractivity contribution in [3.05, 3.63) is 12.3 Å². The molecule has 56 valence electrons. The van der Waals surface area contributed by atoms with Gasteiger partial charge in [0.15, 0.2) is 0 Å². The van der Waals surface area contributed by atoms with E-state index in [0.717, 1.165) is 12.3 Å². The summed E-state index contributed by atoms with van der Waals surface area (Å²) in [6.45, 7) is 2.03. The maximum atomic E-state index is 4.30. The second kappa shape index (κ2) is 3.10. The maximum absolute atomic E-state index is 4.30. The van der Waals surface area contributed by atoms with Gasteiger partial charge in [0.2, 0.25) is 0 Å². The van der Waals surface area contributed by atoms with Crippen LogP contribution in [0.3, 0.4) is 0 Å². The summed E-state index contributed by atoms with van der Waals surface area (Å²) >= 11 is 4.30. The second-order valence-corrected chi connectivity index (χ2v) is 3.02. The lowest BCUT2D eigenvalue weighted by molar-refractivity contribution is 0.559. The van der Waals surface area contributed by atoms with E-state index in [1.54, 1.807) is 0 Å². The Labute approximate surface area is 67.0 Å². The zero-order valence-electron chi connectivity index (χ0n) is 6.28. The Kier molecular flexibility index (Phi) is 2.38. The lowest BCUT2D eigenvalue weighted by Crippen LogP contribution is -2.26. The molecule has 3 heteroatoms. The Morgan fingerprint density at radius 1 is 1.80 bits per heavy atom. The summed E-state index contributed by atoms with van der Waals surface area (Å²) in [5.74, 6) is 1.10. The second-order valence-electron chi connectivity index (χ2n) is 2.27. The Balaban J connectivity index is 2.67. The third-order valence-corrected chi connectivity index (χ3v) is 1.77. The molecule has 2 nitrogen and oxygen atoms in total. The topological polar surface area (TPSA) is 15.6 Å². The molecule has 1 aliphatic rings. The van der Waals surface area contributed by atoms with Crippen LogP contribution in [0.25, 0.3) is 0 Å². The Hall–Kier alpha value is -0.440. The predicted molar refractivity (Wildman–Crippen MR) is 47.4 cm³/mol. The molecular formula is C7H12N2S. The van der Waals surface area contributed by atoms with Crippen molar-refractivity contribution < 1.29 is 0 Å². The van der Waals surface area contributed by atoms with E-state index in [-0.39, 0.29) is 5.37 Å². The van der Waals surface area contributed by atoms with E-state index in [0.29, 0.717) is 0 Å². The van der Waals surface area contributed by atoms with Crippen molar-refractivity contribution in [2.45, 2.75) is 18.7 Å². The van der Waals surface area contributed by atoms with Gasteiger partial charge in [0.05, 0.1) is 5.37 Å². The average Bonchev–Trinajstić information content (AvgIpc) is 2.33. The lowest BCUT2D eigenvalue weighted by Gasteiger charge is -2.20. The van der Waals surface area contributed by atoms with Gasteiger partial charge in [-0.15, -0.1) is 0 Å². The largest absolute Gasteiger partial charge is 0.325 e. The summed E-state index contributed by atoms with van der Waals surface area (Å²) < 4.78 is 0. The van der Waals surface area contributed by atoms with Crippen molar-refractivity contribution in [2.75, 3.05) is 7.05 Å². The van der Waals surface area contributed by atoms with Crippen LogP contribution in [0.1, 0.15) is 13.3 Å². The van der Waals surface area contributed by atoms with E-state index in [2.05, 4.69) is 28.6 Å². The van der Waals surface area contributed by atoms with Gasteiger partial charge in [-0.2, -0.15) is 12.6 Å². The van der Waals surface area contributed by atoms with Gasteiger partial charge in [0, 0.05) is 19.7 Å². The van der Waals surface area contributed by atoms with Crippen molar-refractivity contribution in [3.8, 4) is 0 Å². The fourth-order valence-corrected chi connectivity index (χ4v) is 1.22. The highest BCUT2D eigenvalue weighted by molar-refractivity contribution is 7.80. The monoisotopic (exact) mass is 156 g/mol. The van der Waals surface area contributed by atoms with E-state index in [9.17, 15) is 0 Å². The Bertz CT molecular complexity index is 172. The summed E-state index contributed by atoms with van der Waals surface area (Å²) in [4.78, 5) is 6.18. The molecular weight excluding hydrogens is 144 g/mol.